The number of halogens is 2. The van der Waals surface area contributed by atoms with Crippen LogP contribution in [-0.2, 0) is 0 Å². The van der Waals surface area contributed by atoms with Crippen molar-refractivity contribution in [2.24, 2.45) is 0 Å². The molecule has 3 N–H and O–H groups in total. The van der Waals surface area contributed by atoms with Crippen LogP contribution in [0.2, 0.25) is 5.02 Å². The van der Waals surface area contributed by atoms with Gasteiger partial charge in [-0.05, 0) is 42.8 Å². The van der Waals surface area contributed by atoms with Crippen LogP contribution in [0.15, 0.2) is 40.9 Å². The van der Waals surface area contributed by atoms with Crippen molar-refractivity contribution in [3.63, 3.8) is 0 Å². The number of hydrogen-bond acceptors (Lipinski definition) is 2. The van der Waals surface area contributed by atoms with Crippen molar-refractivity contribution in [2.45, 2.75) is 6.92 Å². The molecule has 0 saturated heterocycles. The molecule has 0 bridgehead atoms. The van der Waals surface area contributed by atoms with Gasteiger partial charge in [-0.1, -0.05) is 33.6 Å². The molecule has 2 aromatic rings. The second-order valence-electron chi connectivity index (χ2n) is 4.18. The summed E-state index contributed by atoms with van der Waals surface area (Å²) in [5, 5.41) is 3.29. The average Bonchev–Trinajstić information content (AvgIpc) is 2.32. The van der Waals surface area contributed by atoms with Crippen LogP contribution in [0, 0.1) is 6.92 Å². The Balaban J connectivity index is 2.22. The molecule has 0 aliphatic rings. The summed E-state index contributed by atoms with van der Waals surface area (Å²) < 4.78 is 0.758. The van der Waals surface area contributed by atoms with Gasteiger partial charge in [0.15, 0.2) is 0 Å². The molecule has 98 valence electrons. The predicted octanol–water partition coefficient (Wildman–Crippen LogP) is 4.25. The topological polar surface area (TPSA) is 55.1 Å². The van der Waals surface area contributed by atoms with Crippen LogP contribution in [0.4, 0.5) is 11.4 Å². The largest absolute Gasteiger partial charge is 0.398 e. The highest BCUT2D eigenvalue weighted by Gasteiger charge is 2.08. The van der Waals surface area contributed by atoms with Gasteiger partial charge in [0.1, 0.15) is 0 Å². The Hall–Kier alpha value is -1.52. The first-order valence-corrected chi connectivity index (χ1v) is 6.76. The SMILES string of the molecule is Cc1ccc(NC(=O)c2cc(Cl)cc(Br)c2)cc1N. The fourth-order valence-electron chi connectivity index (χ4n) is 1.61. The first-order chi connectivity index (χ1) is 8.95. The summed E-state index contributed by atoms with van der Waals surface area (Å²) in [4.78, 5) is 12.1. The maximum absolute atomic E-state index is 12.1. The molecule has 3 nitrogen and oxygen atoms in total. The van der Waals surface area contributed by atoms with E-state index in [1.165, 1.54) is 0 Å². The van der Waals surface area contributed by atoms with E-state index in [-0.39, 0.29) is 5.91 Å². The Bertz CT molecular complexity index is 623. The number of nitrogens with two attached hydrogens (primary N) is 1. The normalized spacial score (nSPS) is 10.3. The molecule has 0 heterocycles. The van der Waals surface area contributed by atoms with Crippen molar-refractivity contribution in [3.8, 4) is 0 Å². The minimum absolute atomic E-state index is 0.230. The van der Waals surface area contributed by atoms with Gasteiger partial charge in [0.2, 0.25) is 0 Å². The molecule has 0 saturated carbocycles. The van der Waals surface area contributed by atoms with Crippen LogP contribution in [-0.4, -0.2) is 5.91 Å². The highest BCUT2D eigenvalue weighted by Crippen LogP contribution is 2.21. The van der Waals surface area contributed by atoms with Crippen molar-refractivity contribution in [1.29, 1.82) is 0 Å². The molecule has 0 unspecified atom stereocenters. The van der Waals surface area contributed by atoms with Gasteiger partial charge in [0.25, 0.3) is 5.91 Å². The Morgan fingerprint density at radius 2 is 2.00 bits per heavy atom. The van der Waals surface area contributed by atoms with E-state index >= 15 is 0 Å². The number of hydrogen-bond donors (Lipinski definition) is 2. The summed E-state index contributed by atoms with van der Waals surface area (Å²) in [5.74, 6) is -0.230. The molecular weight excluding hydrogens is 328 g/mol. The Morgan fingerprint density at radius 1 is 1.26 bits per heavy atom. The fourth-order valence-corrected chi connectivity index (χ4v) is 2.47. The molecule has 0 aliphatic heterocycles. The fraction of sp³-hybridized carbons (Fsp3) is 0.0714. The van der Waals surface area contributed by atoms with Crippen LogP contribution in [0.1, 0.15) is 15.9 Å². The third kappa shape index (κ3) is 3.49. The Kier molecular flexibility index (Phi) is 4.12. The Morgan fingerprint density at radius 3 is 2.63 bits per heavy atom. The third-order valence-electron chi connectivity index (χ3n) is 2.66. The lowest BCUT2D eigenvalue weighted by Crippen LogP contribution is -2.12. The lowest BCUT2D eigenvalue weighted by molar-refractivity contribution is 0.102. The van der Waals surface area contributed by atoms with Crippen molar-refractivity contribution >= 4 is 44.8 Å². The number of nitrogen functional groups attached to an aromatic ring is 1. The molecule has 19 heavy (non-hydrogen) atoms. The lowest BCUT2D eigenvalue weighted by Gasteiger charge is -2.08. The highest BCUT2D eigenvalue weighted by atomic mass is 79.9. The smallest absolute Gasteiger partial charge is 0.255 e. The Labute approximate surface area is 124 Å². The van der Waals surface area contributed by atoms with Crippen LogP contribution in [0.5, 0.6) is 0 Å². The first kappa shape index (κ1) is 13.9. The van der Waals surface area contributed by atoms with Crippen molar-refractivity contribution in [3.05, 3.63) is 57.0 Å². The molecule has 2 aromatic carbocycles. The molecule has 0 spiro atoms. The summed E-state index contributed by atoms with van der Waals surface area (Å²) in [6.07, 6.45) is 0. The molecule has 0 aromatic heterocycles. The van der Waals surface area contributed by atoms with E-state index in [1.807, 2.05) is 19.1 Å². The van der Waals surface area contributed by atoms with Gasteiger partial charge in [-0.25, -0.2) is 0 Å². The monoisotopic (exact) mass is 338 g/mol. The average molecular weight is 340 g/mol. The number of nitrogens with one attached hydrogen (secondary N) is 1. The zero-order valence-corrected chi connectivity index (χ0v) is 12.5. The second kappa shape index (κ2) is 5.63. The van der Waals surface area contributed by atoms with Crippen molar-refractivity contribution in [1.82, 2.24) is 0 Å². The van der Waals surface area contributed by atoms with E-state index in [1.54, 1.807) is 24.3 Å². The van der Waals surface area contributed by atoms with Crippen LogP contribution in [0.3, 0.4) is 0 Å². The van der Waals surface area contributed by atoms with Crippen LogP contribution >= 0.6 is 27.5 Å². The number of amides is 1. The standard InChI is InChI=1S/C14H12BrClN2O/c1-8-2-3-12(7-13(8)17)18-14(19)9-4-10(15)6-11(16)5-9/h2-7H,17H2,1H3,(H,18,19). The third-order valence-corrected chi connectivity index (χ3v) is 3.34. The van der Waals surface area contributed by atoms with Crippen molar-refractivity contribution < 1.29 is 4.79 Å². The summed E-state index contributed by atoms with van der Waals surface area (Å²) in [6, 6.07) is 10.4. The number of carbonyl (C=O) groups is 1. The summed E-state index contributed by atoms with van der Waals surface area (Å²) in [7, 11) is 0. The molecule has 5 heteroatoms. The van der Waals surface area contributed by atoms with E-state index in [0.717, 1.165) is 10.0 Å². The maximum Gasteiger partial charge on any atom is 0.255 e. The van der Waals surface area contributed by atoms with Gasteiger partial charge in [0, 0.05) is 26.4 Å². The van der Waals surface area contributed by atoms with Gasteiger partial charge >= 0.3 is 0 Å². The molecule has 1 amide bonds. The lowest BCUT2D eigenvalue weighted by atomic mass is 10.1. The van der Waals surface area contributed by atoms with E-state index in [0.29, 0.717) is 22.0 Å². The molecular formula is C14H12BrClN2O. The van der Waals surface area contributed by atoms with Gasteiger partial charge < -0.3 is 11.1 Å². The highest BCUT2D eigenvalue weighted by molar-refractivity contribution is 9.10. The summed E-state index contributed by atoms with van der Waals surface area (Å²) in [6.45, 7) is 1.91. The number of aryl methyl sites for hydroxylation is 1. The van der Waals surface area contributed by atoms with E-state index in [2.05, 4.69) is 21.2 Å². The van der Waals surface area contributed by atoms with Crippen molar-refractivity contribution in [2.75, 3.05) is 11.1 Å². The predicted molar refractivity (Wildman–Crippen MR) is 82.7 cm³/mol. The van der Waals surface area contributed by atoms with E-state index < -0.39 is 0 Å². The number of benzene rings is 2. The minimum atomic E-state index is -0.230. The number of anilines is 2. The zero-order valence-electron chi connectivity index (χ0n) is 10.2. The van der Waals surface area contributed by atoms with E-state index in [9.17, 15) is 4.79 Å². The van der Waals surface area contributed by atoms with Crippen LogP contribution in [0.25, 0.3) is 0 Å². The van der Waals surface area contributed by atoms with E-state index in [4.69, 9.17) is 17.3 Å². The van der Waals surface area contributed by atoms with Crippen LogP contribution < -0.4 is 11.1 Å². The van der Waals surface area contributed by atoms with Gasteiger partial charge in [-0.3, -0.25) is 4.79 Å². The molecule has 2 rings (SSSR count). The van der Waals surface area contributed by atoms with Gasteiger partial charge in [-0.15, -0.1) is 0 Å². The summed E-state index contributed by atoms with van der Waals surface area (Å²) >= 11 is 9.22. The molecule has 0 aliphatic carbocycles. The second-order valence-corrected chi connectivity index (χ2v) is 5.54. The number of carbonyl (C=O) groups excluding carboxylic acids is 1. The molecule has 0 radical (unpaired) electrons. The summed E-state index contributed by atoms with van der Waals surface area (Å²) in [5.41, 5.74) is 8.56. The number of rotatable bonds is 2. The quantitative estimate of drug-likeness (QED) is 0.804. The van der Waals surface area contributed by atoms with Gasteiger partial charge in [0.05, 0.1) is 0 Å². The van der Waals surface area contributed by atoms with Gasteiger partial charge in [-0.2, -0.15) is 0 Å². The first-order valence-electron chi connectivity index (χ1n) is 5.59. The molecule has 0 atom stereocenters. The molecule has 0 fully saturated rings. The maximum atomic E-state index is 12.1. The zero-order chi connectivity index (χ0) is 14.0. The minimum Gasteiger partial charge on any atom is -0.398 e.